The first-order chi connectivity index (χ1) is 12.1. The largest absolute Gasteiger partial charge is 0.465 e. The van der Waals surface area contributed by atoms with Gasteiger partial charge in [0.25, 0.3) is 0 Å². The van der Waals surface area contributed by atoms with E-state index < -0.39 is 5.97 Å². The van der Waals surface area contributed by atoms with Gasteiger partial charge in [-0.15, -0.1) is 0 Å². The van der Waals surface area contributed by atoms with E-state index in [2.05, 4.69) is 6.07 Å². The Morgan fingerprint density at radius 1 is 1.00 bits per heavy atom. The molecule has 0 saturated heterocycles. The third-order valence-electron chi connectivity index (χ3n) is 4.91. The lowest BCUT2D eigenvalue weighted by atomic mass is 9.90. The summed E-state index contributed by atoms with van der Waals surface area (Å²) < 4.78 is 19.6. The summed E-state index contributed by atoms with van der Waals surface area (Å²) in [6.45, 7) is 1.81. The van der Waals surface area contributed by atoms with Crippen LogP contribution in [-0.4, -0.2) is 13.1 Å². The number of benzene rings is 3. The minimum atomic E-state index is -0.416. The van der Waals surface area contributed by atoms with Crippen molar-refractivity contribution < 1.29 is 13.9 Å². The molecule has 0 aromatic heterocycles. The van der Waals surface area contributed by atoms with Gasteiger partial charge in [-0.2, -0.15) is 0 Å². The van der Waals surface area contributed by atoms with E-state index in [4.69, 9.17) is 4.74 Å². The molecule has 0 unspecified atom stereocenters. The van der Waals surface area contributed by atoms with E-state index in [0.29, 0.717) is 16.7 Å². The molecule has 3 aromatic rings. The average Bonchev–Trinajstić information content (AvgIpc) is 3.04. The Balaban J connectivity index is 2.02. The Labute approximate surface area is 145 Å². The highest BCUT2D eigenvalue weighted by Crippen LogP contribution is 2.45. The monoisotopic (exact) mass is 332 g/mol. The van der Waals surface area contributed by atoms with Gasteiger partial charge in [0.1, 0.15) is 5.82 Å². The van der Waals surface area contributed by atoms with E-state index in [0.717, 1.165) is 28.7 Å². The van der Waals surface area contributed by atoms with E-state index in [1.54, 1.807) is 18.2 Å². The van der Waals surface area contributed by atoms with Crippen molar-refractivity contribution in [1.82, 2.24) is 0 Å². The fourth-order valence-electron chi connectivity index (χ4n) is 3.71. The molecule has 0 spiro atoms. The zero-order chi connectivity index (χ0) is 17.6. The number of carbonyl (C=O) groups is 1. The zero-order valence-corrected chi connectivity index (χ0v) is 14.1. The van der Waals surface area contributed by atoms with Gasteiger partial charge in [-0.3, -0.25) is 0 Å². The molecule has 124 valence electrons. The maximum atomic E-state index is 14.7. The highest BCUT2D eigenvalue weighted by molar-refractivity contribution is 5.99. The molecule has 1 aliphatic rings. The molecule has 2 nitrogen and oxygen atoms in total. The van der Waals surface area contributed by atoms with Crippen LogP contribution in [0.3, 0.4) is 0 Å². The molecular formula is C22H17FO2. The van der Waals surface area contributed by atoms with Gasteiger partial charge in [0.05, 0.1) is 12.7 Å². The molecule has 0 saturated carbocycles. The number of ether oxygens (including phenoxy) is 1. The molecule has 0 radical (unpaired) electrons. The van der Waals surface area contributed by atoms with Crippen LogP contribution in [0.2, 0.25) is 0 Å². The van der Waals surface area contributed by atoms with Gasteiger partial charge in [0, 0.05) is 0 Å². The first-order valence-electron chi connectivity index (χ1n) is 8.19. The second-order valence-corrected chi connectivity index (χ2v) is 6.26. The van der Waals surface area contributed by atoms with Crippen molar-refractivity contribution in [2.75, 3.05) is 7.11 Å². The van der Waals surface area contributed by atoms with Crippen LogP contribution in [-0.2, 0) is 11.2 Å². The molecule has 4 rings (SSSR count). The molecule has 0 N–H and O–H groups in total. The minimum Gasteiger partial charge on any atom is -0.465 e. The molecule has 3 heteroatoms. The van der Waals surface area contributed by atoms with Crippen molar-refractivity contribution in [2.45, 2.75) is 13.3 Å². The van der Waals surface area contributed by atoms with Crippen LogP contribution in [0.5, 0.6) is 0 Å². The van der Waals surface area contributed by atoms with E-state index >= 15 is 0 Å². The van der Waals surface area contributed by atoms with Crippen molar-refractivity contribution in [1.29, 1.82) is 0 Å². The molecule has 0 atom stereocenters. The standard InChI is InChI=1S/C22H17FO2/c1-13-20(23)12-18(16-9-5-6-10-17(16)22(24)25-2)19-11-14-7-3-4-8-15(14)21(13)19/h3-10,12H,11H2,1-2H3. The number of fused-ring (bicyclic) bond motifs is 3. The number of hydrogen-bond donors (Lipinski definition) is 0. The molecule has 1 aliphatic carbocycles. The van der Waals surface area contributed by atoms with Crippen LogP contribution in [0.15, 0.2) is 54.6 Å². The van der Waals surface area contributed by atoms with Gasteiger partial charge in [-0.25, -0.2) is 9.18 Å². The van der Waals surface area contributed by atoms with E-state index in [9.17, 15) is 9.18 Å². The van der Waals surface area contributed by atoms with Crippen molar-refractivity contribution >= 4 is 5.97 Å². The summed E-state index contributed by atoms with van der Waals surface area (Å²) in [6.07, 6.45) is 0.734. The summed E-state index contributed by atoms with van der Waals surface area (Å²) in [4.78, 5) is 12.2. The SMILES string of the molecule is COC(=O)c1ccccc1-c1cc(F)c(C)c2c1Cc1ccccc1-2. The maximum absolute atomic E-state index is 14.7. The average molecular weight is 332 g/mol. The Morgan fingerprint density at radius 2 is 1.68 bits per heavy atom. The van der Waals surface area contributed by atoms with Gasteiger partial charge in [0.2, 0.25) is 0 Å². The Morgan fingerprint density at radius 3 is 2.44 bits per heavy atom. The lowest BCUT2D eigenvalue weighted by Crippen LogP contribution is -2.05. The summed E-state index contributed by atoms with van der Waals surface area (Å²) >= 11 is 0. The molecule has 25 heavy (non-hydrogen) atoms. The van der Waals surface area contributed by atoms with E-state index in [-0.39, 0.29) is 5.82 Å². The molecular weight excluding hydrogens is 315 g/mol. The van der Waals surface area contributed by atoms with Gasteiger partial charge >= 0.3 is 5.97 Å². The predicted molar refractivity (Wildman–Crippen MR) is 96.2 cm³/mol. The highest BCUT2D eigenvalue weighted by atomic mass is 19.1. The summed E-state index contributed by atoms with van der Waals surface area (Å²) in [7, 11) is 1.36. The Kier molecular flexibility index (Phi) is 3.65. The van der Waals surface area contributed by atoms with Crippen molar-refractivity contribution in [3.8, 4) is 22.3 Å². The molecule has 0 aliphatic heterocycles. The van der Waals surface area contributed by atoms with Gasteiger partial charge in [-0.1, -0.05) is 42.5 Å². The van der Waals surface area contributed by atoms with E-state index in [1.807, 2.05) is 37.3 Å². The number of hydrogen-bond acceptors (Lipinski definition) is 2. The van der Waals surface area contributed by atoms with Gasteiger partial charge < -0.3 is 4.74 Å². The zero-order valence-electron chi connectivity index (χ0n) is 14.1. The highest BCUT2D eigenvalue weighted by Gasteiger charge is 2.27. The van der Waals surface area contributed by atoms with Crippen LogP contribution in [0.4, 0.5) is 4.39 Å². The smallest absolute Gasteiger partial charge is 0.338 e. The molecule has 0 fully saturated rings. The topological polar surface area (TPSA) is 26.3 Å². The van der Waals surface area contributed by atoms with Gasteiger partial charge in [0.15, 0.2) is 0 Å². The third kappa shape index (κ3) is 2.35. The third-order valence-corrected chi connectivity index (χ3v) is 4.91. The lowest BCUT2D eigenvalue weighted by molar-refractivity contribution is 0.0601. The van der Waals surface area contributed by atoms with Crippen molar-refractivity contribution in [3.63, 3.8) is 0 Å². The molecule has 0 amide bonds. The van der Waals surface area contributed by atoms with Crippen molar-refractivity contribution in [3.05, 3.63) is 82.7 Å². The number of rotatable bonds is 2. The minimum absolute atomic E-state index is 0.259. The molecule has 0 heterocycles. The quantitative estimate of drug-likeness (QED) is 0.474. The summed E-state index contributed by atoms with van der Waals surface area (Å²) in [5.74, 6) is -0.675. The summed E-state index contributed by atoms with van der Waals surface area (Å²) in [5, 5.41) is 0. The maximum Gasteiger partial charge on any atom is 0.338 e. The number of halogens is 1. The van der Waals surface area contributed by atoms with Crippen LogP contribution in [0.1, 0.15) is 27.0 Å². The molecule has 3 aromatic carbocycles. The predicted octanol–water partition coefficient (Wildman–Crippen LogP) is 5.16. The van der Waals surface area contributed by atoms with Crippen LogP contribution in [0, 0.1) is 12.7 Å². The fourth-order valence-corrected chi connectivity index (χ4v) is 3.71. The van der Waals surface area contributed by atoms with Crippen molar-refractivity contribution in [2.24, 2.45) is 0 Å². The second-order valence-electron chi connectivity index (χ2n) is 6.26. The van der Waals surface area contributed by atoms with E-state index in [1.165, 1.54) is 12.7 Å². The van der Waals surface area contributed by atoms with Crippen LogP contribution < -0.4 is 0 Å². The number of methoxy groups -OCH3 is 1. The fraction of sp³-hybridized carbons (Fsp3) is 0.136. The Hall–Kier alpha value is -2.94. The van der Waals surface area contributed by atoms with Gasteiger partial charge in [-0.05, 0) is 64.4 Å². The number of esters is 1. The normalized spacial score (nSPS) is 11.8. The lowest BCUT2D eigenvalue weighted by Gasteiger charge is -2.15. The molecule has 0 bridgehead atoms. The van der Waals surface area contributed by atoms with Crippen LogP contribution >= 0.6 is 0 Å². The first kappa shape index (κ1) is 15.6. The number of carbonyl (C=O) groups excluding carboxylic acids is 1. The Bertz CT molecular complexity index is 1000. The second kappa shape index (κ2) is 5.85. The van der Waals surface area contributed by atoms with Crippen LogP contribution in [0.25, 0.3) is 22.3 Å². The summed E-state index contributed by atoms with van der Waals surface area (Å²) in [6, 6.07) is 16.8. The summed E-state index contributed by atoms with van der Waals surface area (Å²) in [5.41, 5.74) is 6.84. The first-order valence-corrected chi connectivity index (χ1v) is 8.19.